The van der Waals surface area contributed by atoms with E-state index in [0.717, 1.165) is 19.3 Å². The zero-order chi connectivity index (χ0) is 17.8. The van der Waals surface area contributed by atoms with Gasteiger partial charge in [0.15, 0.2) is 0 Å². The lowest BCUT2D eigenvalue weighted by Gasteiger charge is -2.36. The lowest BCUT2D eigenvalue weighted by Crippen LogP contribution is -2.49. The summed E-state index contributed by atoms with van der Waals surface area (Å²) in [5.41, 5.74) is 0.277. The van der Waals surface area contributed by atoms with E-state index in [0.29, 0.717) is 44.2 Å². The van der Waals surface area contributed by atoms with Crippen molar-refractivity contribution < 1.29 is 14.3 Å². The van der Waals surface area contributed by atoms with Gasteiger partial charge in [-0.25, -0.2) is 4.98 Å². The highest BCUT2D eigenvalue weighted by molar-refractivity contribution is 5.85. The fourth-order valence-corrected chi connectivity index (χ4v) is 3.38. The molecule has 1 aromatic heterocycles. The number of morpholine rings is 1. The van der Waals surface area contributed by atoms with Gasteiger partial charge in [-0.2, -0.15) is 0 Å². The predicted molar refractivity (Wildman–Crippen MR) is 89.9 cm³/mol. The number of aromatic nitrogens is 2. The Kier molecular flexibility index (Phi) is 5.47. The van der Waals surface area contributed by atoms with Crippen LogP contribution in [0.2, 0.25) is 0 Å². The highest BCUT2D eigenvalue weighted by Gasteiger charge is 2.31. The van der Waals surface area contributed by atoms with Crippen LogP contribution in [0.3, 0.4) is 0 Å². The first-order valence-corrected chi connectivity index (χ1v) is 8.77. The molecule has 8 nitrogen and oxygen atoms in total. The number of hydrogen-bond acceptors (Lipinski definition) is 5. The Labute approximate surface area is 146 Å². The van der Waals surface area contributed by atoms with Gasteiger partial charge >= 0.3 is 0 Å². The van der Waals surface area contributed by atoms with Crippen LogP contribution in [0.4, 0.5) is 0 Å². The number of carbonyl (C=O) groups is 2. The summed E-state index contributed by atoms with van der Waals surface area (Å²) in [6.07, 6.45) is 3.35. The molecular formula is C17H24N4O4. The maximum absolute atomic E-state index is 12.8. The first-order chi connectivity index (χ1) is 12.0. The van der Waals surface area contributed by atoms with E-state index >= 15 is 0 Å². The van der Waals surface area contributed by atoms with Crippen LogP contribution in [0, 0.1) is 6.92 Å². The van der Waals surface area contributed by atoms with Gasteiger partial charge in [-0.05, 0) is 19.8 Å². The third kappa shape index (κ3) is 4.25. The highest BCUT2D eigenvalue weighted by atomic mass is 16.5. The number of amides is 2. The van der Waals surface area contributed by atoms with Gasteiger partial charge < -0.3 is 19.5 Å². The molecule has 1 N–H and O–H groups in total. The molecule has 25 heavy (non-hydrogen) atoms. The summed E-state index contributed by atoms with van der Waals surface area (Å²) in [5, 5.41) is 0. The minimum Gasteiger partial charge on any atom is -0.377 e. The van der Waals surface area contributed by atoms with Crippen molar-refractivity contribution >= 4 is 11.8 Å². The van der Waals surface area contributed by atoms with Crippen LogP contribution < -0.4 is 5.56 Å². The van der Waals surface area contributed by atoms with Crippen LogP contribution in [-0.2, 0) is 14.3 Å². The molecular weight excluding hydrogens is 324 g/mol. The molecule has 1 atom stereocenters. The molecule has 3 rings (SSSR count). The maximum atomic E-state index is 12.8. The standard InChI is InChI=1S/C17H24N4O4/c1-12-18-13(9-15(22)19-12)14-11-25-8-7-21(14)17(24)10-20-6-4-2-3-5-16(20)23/h9,14H,2-8,10-11H2,1H3,(H,18,19,22)/t14-/m0/s1. The molecule has 2 fully saturated rings. The van der Waals surface area contributed by atoms with Crippen molar-refractivity contribution in [3.05, 3.63) is 27.9 Å². The molecule has 2 aliphatic rings. The molecule has 0 aromatic carbocycles. The summed E-state index contributed by atoms with van der Waals surface area (Å²) in [4.78, 5) is 47.0. The lowest BCUT2D eigenvalue weighted by molar-refractivity contribution is -0.146. The van der Waals surface area contributed by atoms with Crippen molar-refractivity contribution in [1.82, 2.24) is 19.8 Å². The van der Waals surface area contributed by atoms with E-state index in [1.54, 1.807) is 16.7 Å². The summed E-state index contributed by atoms with van der Waals surface area (Å²) in [7, 11) is 0. The Bertz CT molecular complexity index is 702. The van der Waals surface area contributed by atoms with Crippen LogP contribution >= 0.6 is 0 Å². The summed E-state index contributed by atoms with van der Waals surface area (Å²) in [6, 6.07) is 1.01. The second-order valence-electron chi connectivity index (χ2n) is 6.56. The lowest BCUT2D eigenvalue weighted by atomic mass is 10.1. The molecule has 1 aromatic rings. The number of nitrogens with one attached hydrogen (secondary N) is 1. The third-order valence-electron chi connectivity index (χ3n) is 4.67. The third-order valence-corrected chi connectivity index (χ3v) is 4.67. The maximum Gasteiger partial charge on any atom is 0.251 e. The van der Waals surface area contributed by atoms with Crippen LogP contribution in [-0.4, -0.2) is 64.4 Å². The Morgan fingerprint density at radius 1 is 1.32 bits per heavy atom. The molecule has 0 bridgehead atoms. The van der Waals surface area contributed by atoms with E-state index in [2.05, 4.69) is 9.97 Å². The van der Waals surface area contributed by atoms with Crippen molar-refractivity contribution in [2.45, 2.75) is 38.6 Å². The smallest absolute Gasteiger partial charge is 0.251 e. The summed E-state index contributed by atoms with van der Waals surface area (Å²) < 4.78 is 5.50. The number of nitrogens with zero attached hydrogens (tertiary/aromatic N) is 3. The molecule has 136 valence electrons. The zero-order valence-corrected chi connectivity index (χ0v) is 14.5. The van der Waals surface area contributed by atoms with Crippen molar-refractivity contribution in [2.24, 2.45) is 0 Å². The minimum absolute atomic E-state index is 0.0424. The average molecular weight is 348 g/mol. The fourth-order valence-electron chi connectivity index (χ4n) is 3.38. The second-order valence-corrected chi connectivity index (χ2v) is 6.56. The fraction of sp³-hybridized carbons (Fsp3) is 0.647. The molecule has 3 heterocycles. The van der Waals surface area contributed by atoms with E-state index in [1.165, 1.54) is 6.07 Å². The van der Waals surface area contributed by atoms with Gasteiger partial charge in [0.25, 0.3) is 5.56 Å². The molecule has 2 aliphatic heterocycles. The molecule has 8 heteroatoms. The van der Waals surface area contributed by atoms with Crippen molar-refractivity contribution in [1.29, 1.82) is 0 Å². The summed E-state index contributed by atoms with van der Waals surface area (Å²) >= 11 is 0. The SMILES string of the molecule is Cc1nc([C@@H]2COCCN2C(=O)CN2CCCCCC2=O)cc(=O)[nH]1. The van der Waals surface area contributed by atoms with Crippen molar-refractivity contribution in [3.63, 3.8) is 0 Å². The van der Waals surface area contributed by atoms with Gasteiger partial charge in [-0.15, -0.1) is 0 Å². The normalized spacial score (nSPS) is 22.0. The van der Waals surface area contributed by atoms with Crippen LogP contribution in [0.5, 0.6) is 0 Å². The first kappa shape index (κ1) is 17.6. The number of H-pyrrole nitrogens is 1. The Morgan fingerprint density at radius 2 is 2.16 bits per heavy atom. The molecule has 0 saturated carbocycles. The number of aryl methyl sites for hydroxylation is 1. The second kappa shape index (κ2) is 7.77. The van der Waals surface area contributed by atoms with E-state index < -0.39 is 6.04 Å². The number of rotatable bonds is 3. The number of carbonyl (C=O) groups excluding carboxylic acids is 2. The first-order valence-electron chi connectivity index (χ1n) is 8.77. The molecule has 0 unspecified atom stereocenters. The van der Waals surface area contributed by atoms with E-state index in [4.69, 9.17) is 4.74 Å². The Morgan fingerprint density at radius 3 is 2.96 bits per heavy atom. The van der Waals surface area contributed by atoms with Crippen LogP contribution in [0.15, 0.2) is 10.9 Å². The average Bonchev–Trinajstić information content (AvgIpc) is 2.78. The summed E-state index contributed by atoms with van der Waals surface area (Å²) in [6.45, 7) is 3.59. The number of ether oxygens (including phenoxy) is 1. The van der Waals surface area contributed by atoms with Crippen LogP contribution in [0.1, 0.15) is 43.2 Å². The predicted octanol–water partition coefficient (Wildman–Crippen LogP) is 0.381. The zero-order valence-electron chi connectivity index (χ0n) is 14.5. The molecule has 0 aliphatic carbocycles. The van der Waals surface area contributed by atoms with E-state index in [1.807, 2.05) is 0 Å². The van der Waals surface area contributed by atoms with Crippen LogP contribution in [0.25, 0.3) is 0 Å². The Balaban J connectivity index is 1.76. The molecule has 2 saturated heterocycles. The minimum atomic E-state index is -0.399. The monoisotopic (exact) mass is 348 g/mol. The van der Waals surface area contributed by atoms with Gasteiger partial charge in [0.05, 0.1) is 31.5 Å². The number of aromatic amines is 1. The van der Waals surface area contributed by atoms with Crippen molar-refractivity contribution in [3.8, 4) is 0 Å². The van der Waals surface area contributed by atoms with Crippen molar-refractivity contribution in [2.75, 3.05) is 32.8 Å². The molecule has 0 spiro atoms. The van der Waals surface area contributed by atoms with E-state index in [-0.39, 0.29) is 23.9 Å². The van der Waals surface area contributed by atoms with Gasteiger partial charge in [0.1, 0.15) is 5.82 Å². The van der Waals surface area contributed by atoms with E-state index in [9.17, 15) is 14.4 Å². The number of likely N-dealkylation sites (tertiary alicyclic amines) is 1. The van der Waals surface area contributed by atoms with Gasteiger partial charge in [-0.1, -0.05) is 6.42 Å². The van der Waals surface area contributed by atoms with Gasteiger partial charge in [0.2, 0.25) is 11.8 Å². The number of hydrogen-bond donors (Lipinski definition) is 1. The largest absolute Gasteiger partial charge is 0.377 e. The van der Waals surface area contributed by atoms with Gasteiger partial charge in [-0.3, -0.25) is 14.4 Å². The molecule has 0 radical (unpaired) electrons. The quantitative estimate of drug-likeness (QED) is 0.852. The van der Waals surface area contributed by atoms with Gasteiger partial charge in [0, 0.05) is 25.6 Å². The summed E-state index contributed by atoms with van der Waals surface area (Å²) in [5.74, 6) is 0.423. The molecule has 2 amide bonds. The highest BCUT2D eigenvalue weighted by Crippen LogP contribution is 2.22. The Hall–Kier alpha value is -2.22. The topological polar surface area (TPSA) is 95.6 Å².